The standard InChI is InChI=1S/C18H31N5O2/c1-14-16(17(21(3)20-14)22-9-11-25-12-10-22)13-19-15(2)18(24)23-7-5-4-6-8-23/h15,19H,4-13H2,1-3H3/t15-/m0/s1. The zero-order valence-corrected chi connectivity index (χ0v) is 15.8. The van der Waals surface area contributed by atoms with E-state index in [1.165, 1.54) is 12.0 Å². The minimum Gasteiger partial charge on any atom is -0.378 e. The maximum absolute atomic E-state index is 12.6. The molecule has 1 atom stereocenters. The summed E-state index contributed by atoms with van der Waals surface area (Å²) in [6.07, 6.45) is 3.49. The van der Waals surface area contributed by atoms with E-state index in [1.54, 1.807) is 0 Å². The predicted octanol–water partition coefficient (Wildman–Crippen LogP) is 1.06. The van der Waals surface area contributed by atoms with E-state index in [1.807, 2.05) is 30.5 Å². The molecule has 2 fully saturated rings. The van der Waals surface area contributed by atoms with Crippen LogP contribution in [-0.2, 0) is 23.1 Å². The van der Waals surface area contributed by atoms with Gasteiger partial charge in [-0.15, -0.1) is 0 Å². The Morgan fingerprint density at radius 2 is 1.88 bits per heavy atom. The minimum atomic E-state index is -0.171. The minimum absolute atomic E-state index is 0.171. The molecule has 0 aromatic carbocycles. The molecule has 140 valence electrons. The molecule has 3 heterocycles. The predicted molar refractivity (Wildman–Crippen MR) is 97.7 cm³/mol. The Morgan fingerprint density at radius 1 is 1.20 bits per heavy atom. The van der Waals surface area contributed by atoms with Gasteiger partial charge >= 0.3 is 0 Å². The summed E-state index contributed by atoms with van der Waals surface area (Å²) < 4.78 is 7.42. The first-order valence-corrected chi connectivity index (χ1v) is 9.45. The molecule has 0 saturated carbocycles. The fourth-order valence-electron chi connectivity index (χ4n) is 3.80. The number of aryl methyl sites for hydroxylation is 2. The second-order valence-electron chi connectivity index (χ2n) is 7.10. The molecule has 1 amide bonds. The molecule has 7 nitrogen and oxygen atoms in total. The molecule has 0 spiro atoms. The van der Waals surface area contributed by atoms with Gasteiger partial charge in [-0.25, -0.2) is 0 Å². The smallest absolute Gasteiger partial charge is 0.239 e. The maximum atomic E-state index is 12.6. The number of morpholine rings is 1. The Labute approximate surface area is 150 Å². The van der Waals surface area contributed by atoms with Crippen molar-refractivity contribution in [1.82, 2.24) is 20.0 Å². The largest absolute Gasteiger partial charge is 0.378 e. The normalized spacial score (nSPS) is 20.0. The average Bonchev–Trinajstić information content (AvgIpc) is 2.93. The van der Waals surface area contributed by atoms with Gasteiger partial charge in [-0.1, -0.05) is 0 Å². The van der Waals surface area contributed by atoms with Crippen LogP contribution in [0, 0.1) is 6.92 Å². The summed E-state index contributed by atoms with van der Waals surface area (Å²) in [5, 5.41) is 8.02. The number of anilines is 1. The summed E-state index contributed by atoms with van der Waals surface area (Å²) >= 11 is 0. The first-order chi connectivity index (χ1) is 12.1. The van der Waals surface area contributed by atoms with Crippen molar-refractivity contribution in [3.05, 3.63) is 11.3 Å². The molecule has 25 heavy (non-hydrogen) atoms. The topological polar surface area (TPSA) is 62.6 Å². The van der Waals surface area contributed by atoms with E-state index >= 15 is 0 Å². The van der Waals surface area contributed by atoms with Crippen molar-refractivity contribution in [2.24, 2.45) is 7.05 Å². The number of piperidine rings is 1. The molecule has 0 radical (unpaired) electrons. The molecule has 1 N–H and O–H groups in total. The van der Waals surface area contributed by atoms with Gasteiger partial charge in [0.25, 0.3) is 0 Å². The summed E-state index contributed by atoms with van der Waals surface area (Å²) in [6.45, 7) is 9.73. The lowest BCUT2D eigenvalue weighted by molar-refractivity contribution is -0.133. The van der Waals surface area contributed by atoms with Crippen molar-refractivity contribution < 1.29 is 9.53 Å². The maximum Gasteiger partial charge on any atom is 0.239 e. The van der Waals surface area contributed by atoms with Gasteiger partial charge in [0.05, 0.1) is 24.9 Å². The molecule has 0 unspecified atom stereocenters. The Bertz CT molecular complexity index is 589. The van der Waals surface area contributed by atoms with Gasteiger partial charge in [0.15, 0.2) is 0 Å². The molecule has 1 aromatic rings. The number of aromatic nitrogens is 2. The van der Waals surface area contributed by atoms with Crippen LogP contribution < -0.4 is 10.2 Å². The van der Waals surface area contributed by atoms with Crippen LogP contribution >= 0.6 is 0 Å². The van der Waals surface area contributed by atoms with Crippen LogP contribution in [0.25, 0.3) is 0 Å². The number of nitrogens with zero attached hydrogens (tertiary/aromatic N) is 4. The van der Waals surface area contributed by atoms with Gasteiger partial charge in [-0.2, -0.15) is 5.10 Å². The fourth-order valence-corrected chi connectivity index (χ4v) is 3.80. The summed E-state index contributed by atoms with van der Waals surface area (Å²) in [5.74, 6) is 1.36. The molecule has 2 aliphatic rings. The van der Waals surface area contributed by atoms with E-state index in [-0.39, 0.29) is 11.9 Å². The quantitative estimate of drug-likeness (QED) is 0.861. The number of hydrogen-bond acceptors (Lipinski definition) is 5. The van der Waals surface area contributed by atoms with Crippen molar-refractivity contribution >= 4 is 11.7 Å². The number of likely N-dealkylation sites (tertiary alicyclic amines) is 1. The fraction of sp³-hybridized carbons (Fsp3) is 0.778. The molecule has 2 aliphatic heterocycles. The van der Waals surface area contributed by atoms with Crippen molar-refractivity contribution in [2.45, 2.75) is 45.7 Å². The summed E-state index contributed by atoms with van der Waals surface area (Å²) in [4.78, 5) is 16.9. The van der Waals surface area contributed by atoms with Crippen molar-refractivity contribution in [3.63, 3.8) is 0 Å². The molecule has 7 heteroatoms. The lowest BCUT2D eigenvalue weighted by Gasteiger charge is -2.31. The molecule has 1 aromatic heterocycles. The Morgan fingerprint density at radius 3 is 2.56 bits per heavy atom. The Kier molecular flexibility index (Phi) is 5.96. The summed E-state index contributed by atoms with van der Waals surface area (Å²) in [7, 11) is 1.99. The van der Waals surface area contributed by atoms with Gasteiger partial charge in [-0.3, -0.25) is 9.48 Å². The van der Waals surface area contributed by atoms with E-state index in [0.29, 0.717) is 6.54 Å². The second kappa shape index (κ2) is 8.19. The van der Waals surface area contributed by atoms with Crippen molar-refractivity contribution in [3.8, 4) is 0 Å². The van der Waals surface area contributed by atoms with E-state index in [4.69, 9.17) is 4.74 Å². The second-order valence-corrected chi connectivity index (χ2v) is 7.10. The number of hydrogen-bond donors (Lipinski definition) is 1. The van der Waals surface area contributed by atoms with E-state index in [0.717, 1.165) is 63.7 Å². The van der Waals surface area contributed by atoms with Crippen LogP contribution in [0.1, 0.15) is 37.4 Å². The highest BCUT2D eigenvalue weighted by atomic mass is 16.5. The number of carbonyl (C=O) groups excluding carboxylic acids is 1. The highest BCUT2D eigenvalue weighted by Gasteiger charge is 2.24. The van der Waals surface area contributed by atoms with Crippen LogP contribution in [0.2, 0.25) is 0 Å². The zero-order valence-electron chi connectivity index (χ0n) is 15.8. The van der Waals surface area contributed by atoms with Crippen LogP contribution in [0.4, 0.5) is 5.82 Å². The van der Waals surface area contributed by atoms with Gasteiger partial charge in [0.1, 0.15) is 5.82 Å². The first kappa shape index (κ1) is 18.2. The third kappa shape index (κ3) is 4.15. The lowest BCUT2D eigenvalue weighted by Crippen LogP contribution is -2.46. The number of carbonyl (C=O) groups is 1. The van der Waals surface area contributed by atoms with Crippen LogP contribution in [0.15, 0.2) is 0 Å². The van der Waals surface area contributed by atoms with Gasteiger partial charge in [-0.05, 0) is 33.1 Å². The van der Waals surface area contributed by atoms with Crippen LogP contribution in [0.5, 0.6) is 0 Å². The number of ether oxygens (including phenoxy) is 1. The van der Waals surface area contributed by atoms with E-state index < -0.39 is 0 Å². The summed E-state index contributed by atoms with van der Waals surface area (Å²) in [6, 6.07) is -0.171. The monoisotopic (exact) mass is 349 g/mol. The lowest BCUT2D eigenvalue weighted by atomic mass is 10.1. The zero-order chi connectivity index (χ0) is 17.8. The number of nitrogens with one attached hydrogen (secondary N) is 1. The molecular weight excluding hydrogens is 318 g/mol. The molecule has 3 rings (SSSR count). The molecular formula is C18H31N5O2. The van der Waals surface area contributed by atoms with Gasteiger partial charge in [0, 0.05) is 45.3 Å². The third-order valence-corrected chi connectivity index (χ3v) is 5.25. The van der Waals surface area contributed by atoms with Crippen LogP contribution in [0.3, 0.4) is 0 Å². The highest BCUT2D eigenvalue weighted by Crippen LogP contribution is 2.24. The third-order valence-electron chi connectivity index (χ3n) is 5.25. The van der Waals surface area contributed by atoms with E-state index in [2.05, 4.69) is 15.3 Å². The highest BCUT2D eigenvalue weighted by molar-refractivity contribution is 5.81. The van der Waals surface area contributed by atoms with Gasteiger partial charge in [0.2, 0.25) is 5.91 Å². The Hall–Kier alpha value is -1.60. The van der Waals surface area contributed by atoms with Crippen molar-refractivity contribution in [1.29, 1.82) is 0 Å². The van der Waals surface area contributed by atoms with Gasteiger partial charge < -0.3 is 19.9 Å². The number of rotatable bonds is 5. The molecule has 0 aliphatic carbocycles. The van der Waals surface area contributed by atoms with E-state index in [9.17, 15) is 4.79 Å². The summed E-state index contributed by atoms with van der Waals surface area (Å²) in [5.41, 5.74) is 2.21. The SMILES string of the molecule is Cc1nn(C)c(N2CCOCC2)c1CN[C@@H](C)C(=O)N1CCCCC1. The molecule has 0 bridgehead atoms. The van der Waals surface area contributed by atoms with Crippen LogP contribution in [-0.4, -0.2) is 66.0 Å². The average molecular weight is 349 g/mol. The first-order valence-electron chi connectivity index (χ1n) is 9.45. The number of amides is 1. The molecule has 2 saturated heterocycles. The van der Waals surface area contributed by atoms with Crippen molar-refractivity contribution in [2.75, 3.05) is 44.3 Å². The Balaban J connectivity index is 1.65.